The highest BCUT2D eigenvalue weighted by Crippen LogP contribution is 2.24. The van der Waals surface area contributed by atoms with Crippen molar-refractivity contribution in [3.8, 4) is 0 Å². The topological polar surface area (TPSA) is 49.5 Å². The van der Waals surface area contributed by atoms with Gasteiger partial charge in [0, 0.05) is 13.1 Å². The number of unbranched alkanes of at least 4 members (excludes halogenated alkanes) is 2. The average Bonchev–Trinajstić information content (AvgIpc) is 2.14. The van der Waals surface area contributed by atoms with Gasteiger partial charge in [-0.15, -0.1) is 0 Å². The van der Waals surface area contributed by atoms with Gasteiger partial charge in [0.1, 0.15) is 0 Å². The number of likely N-dealkylation sites (N-methyl/N-ethyl adjacent to an activating group) is 1. The van der Waals surface area contributed by atoms with Crippen molar-refractivity contribution in [3.63, 3.8) is 0 Å². The summed E-state index contributed by atoms with van der Waals surface area (Å²) in [5.74, 6) is 0. The highest BCUT2D eigenvalue weighted by molar-refractivity contribution is 4.93. The van der Waals surface area contributed by atoms with E-state index in [-0.39, 0.29) is 5.60 Å². The quantitative estimate of drug-likeness (QED) is 0.659. The fourth-order valence-electron chi connectivity index (χ4n) is 1.89. The SMILES string of the molecule is CC.CN1CC(O)(CCCCCN)C1. The van der Waals surface area contributed by atoms with Gasteiger partial charge in [-0.3, -0.25) is 0 Å². The lowest BCUT2D eigenvalue weighted by atomic mass is 9.89. The molecule has 1 heterocycles. The Kier molecular flexibility index (Phi) is 7.15. The number of aliphatic hydroxyl groups is 1. The number of nitrogens with two attached hydrogens (primary N) is 1. The standard InChI is InChI=1S/C9H20N2O.C2H6/c1-11-7-9(12,8-11)5-3-2-4-6-10;1-2/h12H,2-8,10H2,1H3;1-2H3. The molecule has 0 bridgehead atoms. The summed E-state index contributed by atoms with van der Waals surface area (Å²) in [6, 6.07) is 0. The lowest BCUT2D eigenvalue weighted by Crippen LogP contribution is -2.59. The molecule has 1 aliphatic rings. The van der Waals surface area contributed by atoms with Crippen LogP contribution in [0.2, 0.25) is 0 Å². The summed E-state index contributed by atoms with van der Waals surface area (Å²) < 4.78 is 0. The summed E-state index contributed by atoms with van der Waals surface area (Å²) in [6.07, 6.45) is 4.30. The van der Waals surface area contributed by atoms with E-state index in [1.54, 1.807) is 0 Å². The van der Waals surface area contributed by atoms with Gasteiger partial charge >= 0.3 is 0 Å². The molecule has 1 saturated heterocycles. The van der Waals surface area contributed by atoms with Crippen LogP contribution in [0.15, 0.2) is 0 Å². The van der Waals surface area contributed by atoms with Crippen LogP contribution in [0.5, 0.6) is 0 Å². The van der Waals surface area contributed by atoms with Gasteiger partial charge in [0.25, 0.3) is 0 Å². The van der Waals surface area contributed by atoms with Crippen molar-refractivity contribution in [2.45, 2.75) is 45.1 Å². The zero-order valence-corrected chi connectivity index (χ0v) is 9.92. The van der Waals surface area contributed by atoms with E-state index >= 15 is 0 Å². The smallest absolute Gasteiger partial charge is 0.0899 e. The molecule has 0 amide bonds. The number of rotatable bonds is 5. The number of hydrogen-bond donors (Lipinski definition) is 2. The van der Waals surface area contributed by atoms with E-state index in [1.165, 1.54) is 0 Å². The van der Waals surface area contributed by atoms with Crippen LogP contribution >= 0.6 is 0 Å². The maximum atomic E-state index is 9.81. The van der Waals surface area contributed by atoms with Gasteiger partial charge in [-0.2, -0.15) is 0 Å². The fraction of sp³-hybridized carbons (Fsp3) is 1.00. The highest BCUT2D eigenvalue weighted by Gasteiger charge is 2.37. The van der Waals surface area contributed by atoms with Gasteiger partial charge in [0.15, 0.2) is 0 Å². The number of nitrogens with zero attached hydrogens (tertiary/aromatic N) is 1. The summed E-state index contributed by atoms with van der Waals surface area (Å²) in [6.45, 7) is 6.46. The van der Waals surface area contributed by atoms with Gasteiger partial charge in [0.05, 0.1) is 5.60 Å². The second kappa shape index (κ2) is 7.21. The predicted molar refractivity (Wildman–Crippen MR) is 61.3 cm³/mol. The molecule has 0 atom stereocenters. The zero-order valence-electron chi connectivity index (χ0n) is 9.92. The molecule has 0 saturated carbocycles. The molecular weight excluding hydrogens is 176 g/mol. The maximum Gasteiger partial charge on any atom is 0.0899 e. The molecule has 14 heavy (non-hydrogen) atoms. The summed E-state index contributed by atoms with van der Waals surface area (Å²) >= 11 is 0. The molecule has 3 heteroatoms. The van der Waals surface area contributed by atoms with Crippen LogP contribution < -0.4 is 5.73 Å². The molecule has 3 N–H and O–H groups in total. The van der Waals surface area contributed by atoms with Crippen molar-refractivity contribution in [2.75, 3.05) is 26.7 Å². The Labute approximate surface area is 88.3 Å². The van der Waals surface area contributed by atoms with Crippen LogP contribution in [0.1, 0.15) is 39.5 Å². The lowest BCUT2D eigenvalue weighted by Gasteiger charge is -2.44. The van der Waals surface area contributed by atoms with Crippen LogP contribution in [0.4, 0.5) is 0 Å². The molecule has 0 aromatic rings. The lowest BCUT2D eigenvalue weighted by molar-refractivity contribution is -0.0922. The van der Waals surface area contributed by atoms with Crippen LogP contribution in [-0.2, 0) is 0 Å². The molecule has 0 radical (unpaired) electrons. The Bertz CT molecular complexity index is 133. The Morgan fingerprint density at radius 2 is 1.79 bits per heavy atom. The second-order valence-corrected chi connectivity index (χ2v) is 4.00. The van der Waals surface area contributed by atoms with Crippen LogP contribution in [0.3, 0.4) is 0 Å². The van der Waals surface area contributed by atoms with Crippen molar-refractivity contribution >= 4 is 0 Å². The summed E-state index contributed by atoms with van der Waals surface area (Å²) in [5, 5.41) is 9.81. The molecule has 1 aliphatic heterocycles. The fourth-order valence-corrected chi connectivity index (χ4v) is 1.89. The minimum atomic E-state index is -0.372. The van der Waals surface area contributed by atoms with E-state index in [4.69, 9.17) is 5.73 Å². The Morgan fingerprint density at radius 3 is 2.21 bits per heavy atom. The molecule has 1 rings (SSSR count). The van der Waals surface area contributed by atoms with Crippen molar-refractivity contribution in [1.29, 1.82) is 0 Å². The van der Waals surface area contributed by atoms with E-state index < -0.39 is 0 Å². The first-order valence-electron chi connectivity index (χ1n) is 5.77. The summed E-state index contributed by atoms with van der Waals surface area (Å²) in [4.78, 5) is 2.14. The molecule has 0 aliphatic carbocycles. The van der Waals surface area contributed by atoms with E-state index in [1.807, 2.05) is 20.9 Å². The largest absolute Gasteiger partial charge is 0.387 e. The highest BCUT2D eigenvalue weighted by atomic mass is 16.3. The average molecular weight is 202 g/mol. The third-order valence-electron chi connectivity index (χ3n) is 2.47. The van der Waals surface area contributed by atoms with E-state index in [0.29, 0.717) is 0 Å². The second-order valence-electron chi connectivity index (χ2n) is 4.00. The molecule has 3 nitrogen and oxygen atoms in total. The van der Waals surface area contributed by atoms with Gasteiger partial charge in [0.2, 0.25) is 0 Å². The Morgan fingerprint density at radius 1 is 1.21 bits per heavy atom. The van der Waals surface area contributed by atoms with E-state index in [2.05, 4.69) is 4.90 Å². The van der Waals surface area contributed by atoms with Crippen LogP contribution in [-0.4, -0.2) is 42.3 Å². The Balaban J connectivity index is 0.000000791. The Hall–Kier alpha value is -0.120. The minimum Gasteiger partial charge on any atom is -0.387 e. The minimum absolute atomic E-state index is 0.372. The van der Waals surface area contributed by atoms with Crippen molar-refractivity contribution in [2.24, 2.45) is 5.73 Å². The van der Waals surface area contributed by atoms with Crippen molar-refractivity contribution in [1.82, 2.24) is 4.90 Å². The third kappa shape index (κ3) is 4.94. The first-order chi connectivity index (χ1) is 6.66. The maximum absolute atomic E-state index is 9.81. The monoisotopic (exact) mass is 202 g/mol. The van der Waals surface area contributed by atoms with E-state index in [0.717, 1.165) is 45.3 Å². The molecular formula is C11H26N2O. The number of hydrogen-bond acceptors (Lipinski definition) is 3. The molecule has 0 aromatic heterocycles. The number of likely N-dealkylation sites (tertiary alicyclic amines) is 1. The van der Waals surface area contributed by atoms with Gasteiger partial charge < -0.3 is 15.7 Å². The molecule has 1 fully saturated rings. The normalized spacial score (nSPS) is 19.5. The van der Waals surface area contributed by atoms with Gasteiger partial charge in [-0.1, -0.05) is 26.7 Å². The van der Waals surface area contributed by atoms with E-state index in [9.17, 15) is 5.11 Å². The zero-order chi connectivity index (χ0) is 11.0. The summed E-state index contributed by atoms with van der Waals surface area (Å²) in [7, 11) is 2.04. The first-order valence-corrected chi connectivity index (χ1v) is 5.77. The van der Waals surface area contributed by atoms with Crippen LogP contribution in [0.25, 0.3) is 0 Å². The van der Waals surface area contributed by atoms with Gasteiger partial charge in [-0.25, -0.2) is 0 Å². The van der Waals surface area contributed by atoms with Crippen LogP contribution in [0, 0.1) is 0 Å². The molecule has 0 unspecified atom stereocenters. The third-order valence-corrected chi connectivity index (χ3v) is 2.47. The van der Waals surface area contributed by atoms with Crippen molar-refractivity contribution in [3.05, 3.63) is 0 Å². The first kappa shape index (κ1) is 13.9. The molecule has 0 spiro atoms. The molecule has 86 valence electrons. The molecule has 0 aromatic carbocycles. The number of β-amino-alcohol motifs (C(OH)–C–C–N with tert-alkyl or cyclic N) is 1. The van der Waals surface area contributed by atoms with Gasteiger partial charge in [-0.05, 0) is 26.4 Å². The summed E-state index contributed by atoms with van der Waals surface area (Å²) in [5.41, 5.74) is 5.00. The predicted octanol–water partition coefficient (Wildman–Crippen LogP) is 1.21. The van der Waals surface area contributed by atoms with Crippen molar-refractivity contribution < 1.29 is 5.11 Å².